The van der Waals surface area contributed by atoms with Gasteiger partial charge >= 0.3 is 5.97 Å². The second-order valence-corrected chi connectivity index (χ2v) is 11.1. The molecule has 5 heteroatoms. The lowest BCUT2D eigenvalue weighted by Gasteiger charge is -2.26. The molecule has 0 atom stereocenters. The first-order valence-electron chi connectivity index (χ1n) is 14.8. The number of furan rings is 2. The summed E-state index contributed by atoms with van der Waals surface area (Å²) in [5.41, 5.74) is 9.71. The van der Waals surface area contributed by atoms with Crippen LogP contribution >= 0.6 is 0 Å². The van der Waals surface area contributed by atoms with Crippen molar-refractivity contribution >= 4 is 55.9 Å². The molecule has 45 heavy (non-hydrogen) atoms. The Balaban J connectivity index is 1.29. The molecule has 2 heterocycles. The van der Waals surface area contributed by atoms with Gasteiger partial charge < -0.3 is 18.8 Å². The lowest BCUT2D eigenvalue weighted by Crippen LogP contribution is -2.10. The fourth-order valence-corrected chi connectivity index (χ4v) is 6.22. The second-order valence-electron chi connectivity index (χ2n) is 11.1. The molecule has 8 aromatic rings. The van der Waals surface area contributed by atoms with E-state index in [0.717, 1.165) is 72.2 Å². The number of anilines is 3. The maximum absolute atomic E-state index is 11.8. The number of hydrogen-bond acceptors (Lipinski definition) is 4. The van der Waals surface area contributed by atoms with E-state index in [4.69, 9.17) is 8.83 Å². The van der Waals surface area contributed by atoms with Gasteiger partial charge in [0.1, 0.15) is 16.7 Å². The molecule has 1 N–H and O–H groups in total. The highest BCUT2D eigenvalue weighted by Gasteiger charge is 2.20. The molecule has 0 unspecified atom stereocenters. The van der Waals surface area contributed by atoms with E-state index in [1.807, 2.05) is 60.7 Å². The van der Waals surface area contributed by atoms with Crippen molar-refractivity contribution in [3.63, 3.8) is 0 Å². The van der Waals surface area contributed by atoms with Gasteiger partial charge in [-0.05, 0) is 89.3 Å². The highest BCUT2D eigenvalue weighted by molar-refractivity contribution is 6.14. The van der Waals surface area contributed by atoms with E-state index < -0.39 is 5.97 Å². The predicted molar refractivity (Wildman–Crippen MR) is 180 cm³/mol. The molecular weight excluding hydrogens is 558 g/mol. The third-order valence-corrected chi connectivity index (χ3v) is 8.34. The summed E-state index contributed by atoms with van der Waals surface area (Å²) in [7, 11) is 0. The molecule has 216 valence electrons. The van der Waals surface area contributed by atoms with Crippen LogP contribution in [-0.2, 0) is 6.42 Å². The summed E-state index contributed by atoms with van der Waals surface area (Å²) >= 11 is 0. The Bertz CT molecular complexity index is 2330. The number of benzene rings is 6. The van der Waals surface area contributed by atoms with Gasteiger partial charge in [0.15, 0.2) is 0 Å². The normalized spacial score (nSPS) is 11.4. The van der Waals surface area contributed by atoms with E-state index in [1.54, 1.807) is 18.4 Å². The van der Waals surface area contributed by atoms with Crippen LogP contribution in [0.4, 0.5) is 17.1 Å². The van der Waals surface area contributed by atoms with Crippen molar-refractivity contribution in [3.05, 3.63) is 162 Å². The minimum Gasteiger partial charge on any atom is -0.478 e. The van der Waals surface area contributed by atoms with Gasteiger partial charge in [-0.1, -0.05) is 72.8 Å². The largest absolute Gasteiger partial charge is 0.478 e. The average Bonchev–Trinajstić information content (AvgIpc) is 3.70. The molecular formula is C40H27NO4. The summed E-state index contributed by atoms with van der Waals surface area (Å²) in [5, 5.41) is 12.8. The number of fused-ring (bicyclic) bond motifs is 4. The average molecular weight is 586 g/mol. The summed E-state index contributed by atoms with van der Waals surface area (Å²) in [5.74, 6) is -0.916. The standard InChI is InChI=1S/C40H27NO4/c42-40(43)33-11-5-4-8-27(33)22-26-14-17-31(18-15-26)41(30-9-2-1-3-10-30)32-24-35(28-16-19-36-29(23-28)20-21-44-36)39-34-12-6-7-13-37(34)45-38(39)25-32/h1-21,23-25H,22H2,(H,42,43). The molecule has 0 saturated heterocycles. The number of carboxylic acids is 1. The number of carboxylic acid groups (broad SMARTS) is 1. The van der Waals surface area contributed by atoms with E-state index in [0.29, 0.717) is 12.0 Å². The molecule has 0 bridgehead atoms. The van der Waals surface area contributed by atoms with Gasteiger partial charge in [-0.3, -0.25) is 0 Å². The van der Waals surface area contributed by atoms with Crippen LogP contribution in [0, 0.1) is 0 Å². The van der Waals surface area contributed by atoms with Crippen LogP contribution in [0.1, 0.15) is 21.5 Å². The Morgan fingerprint density at radius 1 is 0.644 bits per heavy atom. The van der Waals surface area contributed by atoms with Crippen LogP contribution in [0.15, 0.2) is 155 Å². The number of aromatic carboxylic acids is 1. The van der Waals surface area contributed by atoms with Gasteiger partial charge in [0.25, 0.3) is 0 Å². The molecule has 0 aliphatic heterocycles. The molecule has 2 aromatic heterocycles. The SMILES string of the molecule is O=C(O)c1ccccc1Cc1ccc(N(c2ccccc2)c2cc(-c3ccc4occc4c3)c3c(c2)oc2ccccc23)cc1. The van der Waals surface area contributed by atoms with Gasteiger partial charge in [-0.25, -0.2) is 4.79 Å². The Kier molecular flexibility index (Phi) is 6.42. The quantitative estimate of drug-likeness (QED) is 0.202. The van der Waals surface area contributed by atoms with Gasteiger partial charge in [-0.15, -0.1) is 0 Å². The van der Waals surface area contributed by atoms with Gasteiger partial charge in [0.05, 0.1) is 17.5 Å². The zero-order valence-corrected chi connectivity index (χ0v) is 24.2. The minimum absolute atomic E-state index is 0.327. The Labute approximate surface area is 259 Å². The number of nitrogens with zero attached hydrogens (tertiary/aromatic N) is 1. The van der Waals surface area contributed by atoms with Crippen molar-refractivity contribution in [1.82, 2.24) is 0 Å². The lowest BCUT2D eigenvalue weighted by molar-refractivity contribution is 0.0696. The minimum atomic E-state index is -0.916. The first-order valence-corrected chi connectivity index (χ1v) is 14.8. The Morgan fingerprint density at radius 2 is 1.40 bits per heavy atom. The maximum Gasteiger partial charge on any atom is 0.335 e. The molecule has 0 aliphatic carbocycles. The van der Waals surface area contributed by atoms with Crippen molar-refractivity contribution in [3.8, 4) is 11.1 Å². The van der Waals surface area contributed by atoms with Crippen LogP contribution in [0.2, 0.25) is 0 Å². The molecule has 0 radical (unpaired) electrons. The van der Waals surface area contributed by atoms with Gasteiger partial charge in [0.2, 0.25) is 0 Å². The Morgan fingerprint density at radius 3 is 2.24 bits per heavy atom. The second kappa shape index (κ2) is 10.9. The first-order chi connectivity index (χ1) is 22.1. The molecule has 5 nitrogen and oxygen atoms in total. The molecule has 0 amide bonds. The summed E-state index contributed by atoms with van der Waals surface area (Å²) in [6, 6.07) is 46.5. The Hall–Kier alpha value is -6.07. The van der Waals surface area contributed by atoms with E-state index in [1.165, 1.54) is 0 Å². The maximum atomic E-state index is 11.8. The van der Waals surface area contributed by atoms with Crippen molar-refractivity contribution in [2.45, 2.75) is 6.42 Å². The van der Waals surface area contributed by atoms with Crippen molar-refractivity contribution in [2.75, 3.05) is 4.90 Å². The highest BCUT2D eigenvalue weighted by atomic mass is 16.4. The third-order valence-electron chi connectivity index (χ3n) is 8.34. The van der Waals surface area contributed by atoms with E-state index >= 15 is 0 Å². The molecule has 0 fully saturated rings. The highest BCUT2D eigenvalue weighted by Crippen LogP contribution is 2.44. The van der Waals surface area contributed by atoms with Crippen LogP contribution in [-0.4, -0.2) is 11.1 Å². The molecule has 8 rings (SSSR count). The third kappa shape index (κ3) is 4.81. The summed E-state index contributed by atoms with van der Waals surface area (Å²) < 4.78 is 12.1. The molecule has 0 spiro atoms. The van der Waals surface area contributed by atoms with Crippen molar-refractivity contribution in [1.29, 1.82) is 0 Å². The van der Waals surface area contributed by atoms with Crippen LogP contribution in [0.5, 0.6) is 0 Å². The van der Waals surface area contributed by atoms with Crippen molar-refractivity contribution in [2.24, 2.45) is 0 Å². The molecule has 6 aromatic carbocycles. The van der Waals surface area contributed by atoms with Crippen LogP contribution < -0.4 is 4.90 Å². The van der Waals surface area contributed by atoms with Crippen molar-refractivity contribution < 1.29 is 18.7 Å². The predicted octanol–water partition coefficient (Wildman–Crippen LogP) is 10.8. The van der Waals surface area contributed by atoms with Crippen LogP contribution in [0.25, 0.3) is 44.0 Å². The van der Waals surface area contributed by atoms with E-state index in [-0.39, 0.29) is 0 Å². The summed E-state index contributed by atoms with van der Waals surface area (Å²) in [6.07, 6.45) is 2.24. The smallest absolute Gasteiger partial charge is 0.335 e. The monoisotopic (exact) mass is 585 g/mol. The number of para-hydroxylation sites is 2. The first kappa shape index (κ1) is 26.5. The zero-order valence-electron chi connectivity index (χ0n) is 24.2. The fourth-order valence-electron chi connectivity index (χ4n) is 6.22. The number of rotatable bonds is 7. The van der Waals surface area contributed by atoms with Gasteiger partial charge in [0, 0.05) is 33.6 Å². The zero-order chi connectivity index (χ0) is 30.3. The van der Waals surface area contributed by atoms with E-state index in [9.17, 15) is 9.90 Å². The molecule has 0 aliphatic rings. The summed E-state index contributed by atoms with van der Waals surface area (Å²) in [6.45, 7) is 0. The van der Waals surface area contributed by atoms with Gasteiger partial charge in [-0.2, -0.15) is 0 Å². The van der Waals surface area contributed by atoms with Crippen LogP contribution in [0.3, 0.4) is 0 Å². The fraction of sp³-hybridized carbons (Fsp3) is 0.0250. The topological polar surface area (TPSA) is 66.8 Å². The summed E-state index contributed by atoms with van der Waals surface area (Å²) in [4.78, 5) is 14.0. The lowest BCUT2D eigenvalue weighted by atomic mass is 9.97. The number of carbonyl (C=O) groups is 1. The molecule has 0 saturated carbocycles. The van der Waals surface area contributed by atoms with E-state index in [2.05, 4.69) is 71.6 Å². The number of hydrogen-bond donors (Lipinski definition) is 1.